The predicted octanol–water partition coefficient (Wildman–Crippen LogP) is 1.00. The van der Waals surface area contributed by atoms with E-state index in [1.54, 1.807) is 12.1 Å². The maximum atomic E-state index is 11.6. The quantitative estimate of drug-likeness (QED) is 0.666. The van der Waals surface area contributed by atoms with Crippen LogP contribution in [0, 0.1) is 5.92 Å². The Balaban J connectivity index is 2.22. The zero-order valence-corrected chi connectivity index (χ0v) is 11.8. The highest BCUT2D eigenvalue weighted by atomic mass is 32.1. The Labute approximate surface area is 117 Å². The Hall–Kier alpha value is -1.40. The molecule has 3 N–H and O–H groups in total. The van der Waals surface area contributed by atoms with Crippen molar-refractivity contribution in [3.63, 3.8) is 0 Å². The first-order valence-corrected chi connectivity index (χ1v) is 7.24. The SMILES string of the molecule is CCC(CCO)CNC(=O)CNC(=O)c1cccs1. The molecule has 0 aliphatic heterocycles. The summed E-state index contributed by atoms with van der Waals surface area (Å²) in [4.78, 5) is 23.7. The van der Waals surface area contributed by atoms with Gasteiger partial charge in [0.05, 0.1) is 11.4 Å². The van der Waals surface area contributed by atoms with Gasteiger partial charge in [0.15, 0.2) is 0 Å². The molecule has 0 saturated carbocycles. The van der Waals surface area contributed by atoms with Crippen molar-refractivity contribution in [3.05, 3.63) is 22.4 Å². The van der Waals surface area contributed by atoms with Crippen LogP contribution in [0.25, 0.3) is 0 Å². The predicted molar refractivity (Wildman–Crippen MR) is 75.1 cm³/mol. The van der Waals surface area contributed by atoms with Gasteiger partial charge in [-0.1, -0.05) is 19.4 Å². The van der Waals surface area contributed by atoms with Gasteiger partial charge in [-0.2, -0.15) is 0 Å². The van der Waals surface area contributed by atoms with Crippen molar-refractivity contribution in [2.75, 3.05) is 19.7 Å². The van der Waals surface area contributed by atoms with Gasteiger partial charge in [0.2, 0.25) is 5.91 Å². The van der Waals surface area contributed by atoms with E-state index in [1.165, 1.54) is 11.3 Å². The van der Waals surface area contributed by atoms with Crippen LogP contribution in [0.15, 0.2) is 17.5 Å². The van der Waals surface area contributed by atoms with E-state index in [0.717, 1.165) is 6.42 Å². The van der Waals surface area contributed by atoms with E-state index in [2.05, 4.69) is 10.6 Å². The highest BCUT2D eigenvalue weighted by Gasteiger charge is 2.10. The summed E-state index contributed by atoms with van der Waals surface area (Å²) in [6.07, 6.45) is 1.58. The molecule has 0 saturated heterocycles. The van der Waals surface area contributed by atoms with Gasteiger partial charge in [0.25, 0.3) is 5.91 Å². The third-order valence-corrected chi connectivity index (χ3v) is 3.73. The van der Waals surface area contributed by atoms with Crippen LogP contribution in [0.1, 0.15) is 29.4 Å². The number of carbonyl (C=O) groups is 2. The van der Waals surface area contributed by atoms with Crippen LogP contribution in [0.3, 0.4) is 0 Å². The Morgan fingerprint density at radius 2 is 2.21 bits per heavy atom. The molecular weight excluding hydrogens is 264 g/mol. The molecule has 1 aromatic heterocycles. The van der Waals surface area contributed by atoms with Gasteiger partial charge in [-0.05, 0) is 23.8 Å². The number of carbonyl (C=O) groups excluding carboxylic acids is 2. The molecule has 0 aromatic carbocycles. The molecule has 5 nitrogen and oxygen atoms in total. The molecular formula is C13H20N2O3S. The van der Waals surface area contributed by atoms with Crippen molar-refractivity contribution in [3.8, 4) is 0 Å². The minimum atomic E-state index is -0.229. The van der Waals surface area contributed by atoms with Gasteiger partial charge >= 0.3 is 0 Å². The average molecular weight is 284 g/mol. The topological polar surface area (TPSA) is 78.4 Å². The van der Waals surface area contributed by atoms with Gasteiger partial charge in [-0.3, -0.25) is 9.59 Å². The van der Waals surface area contributed by atoms with Crippen LogP contribution in [-0.4, -0.2) is 36.6 Å². The number of thiophene rings is 1. The van der Waals surface area contributed by atoms with Crippen LogP contribution in [0.5, 0.6) is 0 Å². The average Bonchev–Trinajstić information content (AvgIpc) is 2.94. The van der Waals surface area contributed by atoms with Crippen LogP contribution in [0.4, 0.5) is 0 Å². The first kappa shape index (κ1) is 15.7. The lowest BCUT2D eigenvalue weighted by Crippen LogP contribution is -2.38. The number of rotatable bonds is 8. The molecule has 19 heavy (non-hydrogen) atoms. The maximum absolute atomic E-state index is 11.6. The van der Waals surface area contributed by atoms with Gasteiger partial charge in [-0.25, -0.2) is 0 Å². The smallest absolute Gasteiger partial charge is 0.261 e. The van der Waals surface area contributed by atoms with Crippen LogP contribution in [0.2, 0.25) is 0 Å². The van der Waals surface area contributed by atoms with E-state index >= 15 is 0 Å². The summed E-state index contributed by atoms with van der Waals surface area (Å²) in [5, 5.41) is 16.0. The fraction of sp³-hybridized carbons (Fsp3) is 0.538. The molecule has 0 radical (unpaired) electrons. The van der Waals surface area contributed by atoms with E-state index in [-0.39, 0.29) is 30.9 Å². The summed E-state index contributed by atoms with van der Waals surface area (Å²) in [6.45, 7) is 2.66. The van der Waals surface area contributed by atoms with Crippen molar-refractivity contribution >= 4 is 23.2 Å². The Morgan fingerprint density at radius 3 is 2.79 bits per heavy atom. The number of hydrogen-bond donors (Lipinski definition) is 3. The number of aliphatic hydroxyl groups excluding tert-OH is 1. The summed E-state index contributed by atoms with van der Waals surface area (Å²) >= 11 is 1.34. The summed E-state index contributed by atoms with van der Waals surface area (Å²) < 4.78 is 0. The number of amides is 2. The molecule has 1 aromatic rings. The summed E-state index contributed by atoms with van der Waals surface area (Å²) in [5.41, 5.74) is 0. The fourth-order valence-corrected chi connectivity index (χ4v) is 2.25. The number of hydrogen-bond acceptors (Lipinski definition) is 4. The van der Waals surface area contributed by atoms with Crippen molar-refractivity contribution < 1.29 is 14.7 Å². The largest absolute Gasteiger partial charge is 0.396 e. The minimum absolute atomic E-state index is 0.0215. The molecule has 1 atom stereocenters. The van der Waals surface area contributed by atoms with E-state index in [9.17, 15) is 9.59 Å². The lowest BCUT2D eigenvalue weighted by molar-refractivity contribution is -0.120. The normalized spacial score (nSPS) is 11.9. The highest BCUT2D eigenvalue weighted by Crippen LogP contribution is 2.07. The summed E-state index contributed by atoms with van der Waals surface area (Å²) in [6, 6.07) is 3.51. The lowest BCUT2D eigenvalue weighted by Gasteiger charge is -2.14. The third kappa shape index (κ3) is 5.85. The van der Waals surface area contributed by atoms with E-state index in [0.29, 0.717) is 17.8 Å². The van der Waals surface area contributed by atoms with E-state index in [4.69, 9.17) is 5.11 Å². The van der Waals surface area contributed by atoms with Gasteiger partial charge < -0.3 is 15.7 Å². The monoisotopic (exact) mass is 284 g/mol. The van der Waals surface area contributed by atoms with E-state index in [1.807, 2.05) is 12.3 Å². The molecule has 0 aliphatic carbocycles. The zero-order chi connectivity index (χ0) is 14.1. The summed E-state index contributed by atoms with van der Waals surface area (Å²) in [7, 11) is 0. The number of nitrogens with one attached hydrogen (secondary N) is 2. The molecule has 0 bridgehead atoms. The standard InChI is InChI=1S/C13H20N2O3S/c1-2-10(5-6-16)8-14-12(17)9-15-13(18)11-4-3-7-19-11/h3-4,7,10,16H,2,5-6,8-9H2,1H3,(H,14,17)(H,15,18). The van der Waals surface area contributed by atoms with Crippen molar-refractivity contribution in [2.45, 2.75) is 19.8 Å². The second-order valence-electron chi connectivity index (χ2n) is 4.25. The molecule has 1 unspecified atom stereocenters. The first-order valence-electron chi connectivity index (χ1n) is 6.36. The molecule has 6 heteroatoms. The van der Waals surface area contributed by atoms with Crippen molar-refractivity contribution in [1.29, 1.82) is 0 Å². The Bertz CT molecular complexity index is 393. The molecule has 0 aliphatic rings. The minimum Gasteiger partial charge on any atom is -0.396 e. The van der Waals surface area contributed by atoms with Crippen LogP contribution in [-0.2, 0) is 4.79 Å². The second kappa shape index (κ2) is 8.66. The Morgan fingerprint density at radius 1 is 1.42 bits per heavy atom. The zero-order valence-electron chi connectivity index (χ0n) is 11.0. The van der Waals surface area contributed by atoms with Crippen molar-refractivity contribution in [2.24, 2.45) is 5.92 Å². The molecule has 106 valence electrons. The van der Waals surface area contributed by atoms with Gasteiger partial charge in [0.1, 0.15) is 0 Å². The number of aliphatic hydroxyl groups is 1. The van der Waals surface area contributed by atoms with Crippen LogP contribution < -0.4 is 10.6 Å². The third-order valence-electron chi connectivity index (χ3n) is 2.86. The summed E-state index contributed by atoms with van der Waals surface area (Å²) in [5.74, 6) is -0.157. The first-order chi connectivity index (χ1) is 9.17. The van der Waals surface area contributed by atoms with Crippen LogP contribution >= 0.6 is 11.3 Å². The highest BCUT2D eigenvalue weighted by molar-refractivity contribution is 7.12. The second-order valence-corrected chi connectivity index (χ2v) is 5.20. The molecule has 2 amide bonds. The maximum Gasteiger partial charge on any atom is 0.261 e. The lowest BCUT2D eigenvalue weighted by atomic mass is 10.0. The van der Waals surface area contributed by atoms with Crippen molar-refractivity contribution in [1.82, 2.24) is 10.6 Å². The Kier molecular flexibility index (Phi) is 7.14. The van der Waals surface area contributed by atoms with E-state index < -0.39 is 0 Å². The molecule has 1 rings (SSSR count). The fourth-order valence-electron chi connectivity index (χ4n) is 1.61. The molecule has 0 spiro atoms. The van der Waals surface area contributed by atoms with Gasteiger partial charge in [-0.15, -0.1) is 11.3 Å². The van der Waals surface area contributed by atoms with Gasteiger partial charge in [0, 0.05) is 13.2 Å². The molecule has 1 heterocycles. The molecule has 0 fully saturated rings.